The maximum Gasteiger partial charge on any atom is 0.261 e. The number of carbonyl (C=O) groups is 1. The summed E-state index contributed by atoms with van der Waals surface area (Å²) in [6, 6.07) is 15.1. The molecular weight excluding hydrogens is 448 g/mol. The van der Waals surface area contributed by atoms with Gasteiger partial charge in [-0.2, -0.15) is 5.26 Å². The lowest BCUT2D eigenvalue weighted by atomic mass is 10.1. The quantitative estimate of drug-likeness (QED) is 0.296. The molecule has 2 aromatic carbocycles. The number of ether oxygens (including phenoxy) is 3. The molecule has 7 heteroatoms. The lowest BCUT2D eigenvalue weighted by Gasteiger charge is -2.13. The van der Waals surface area contributed by atoms with Gasteiger partial charge in [0.05, 0.1) is 6.61 Å². The highest BCUT2D eigenvalue weighted by molar-refractivity contribution is 9.10. The lowest BCUT2D eigenvalue weighted by Crippen LogP contribution is -2.26. The van der Waals surface area contributed by atoms with Gasteiger partial charge in [0, 0.05) is 24.7 Å². The topological polar surface area (TPSA) is 80.6 Å². The van der Waals surface area contributed by atoms with E-state index in [1.807, 2.05) is 37.3 Å². The molecule has 30 heavy (non-hydrogen) atoms. The van der Waals surface area contributed by atoms with Crippen LogP contribution in [0.25, 0.3) is 6.08 Å². The first kappa shape index (κ1) is 23.5. The van der Waals surface area contributed by atoms with Gasteiger partial charge in [-0.05, 0) is 54.8 Å². The number of methoxy groups -OCH3 is 1. The van der Waals surface area contributed by atoms with E-state index in [-0.39, 0.29) is 5.57 Å². The number of benzene rings is 2. The number of carbonyl (C=O) groups excluding carboxylic acids is 1. The standard InChI is InChI=1S/C23H25BrN2O4/c1-3-29-22-14-18(13-19(15-25)23(27)26-11-4-12-28-2)7-10-21(22)30-16-17-5-8-20(24)9-6-17/h5-10,13-14H,3-4,11-12,16H2,1-2H3,(H,26,27)/b19-13+. The molecule has 0 bridgehead atoms. The second-order valence-electron chi connectivity index (χ2n) is 6.33. The van der Waals surface area contributed by atoms with E-state index < -0.39 is 5.91 Å². The van der Waals surface area contributed by atoms with E-state index in [0.29, 0.717) is 49.8 Å². The summed E-state index contributed by atoms with van der Waals surface area (Å²) in [7, 11) is 1.60. The number of halogens is 1. The zero-order chi connectivity index (χ0) is 21.8. The minimum absolute atomic E-state index is 0.0263. The van der Waals surface area contributed by atoms with Crippen molar-refractivity contribution >= 4 is 27.9 Å². The summed E-state index contributed by atoms with van der Waals surface area (Å²) < 4.78 is 17.6. The summed E-state index contributed by atoms with van der Waals surface area (Å²) in [6.45, 7) is 3.74. The smallest absolute Gasteiger partial charge is 0.261 e. The fourth-order valence-corrected chi connectivity index (χ4v) is 2.84. The zero-order valence-electron chi connectivity index (χ0n) is 17.1. The van der Waals surface area contributed by atoms with Crippen molar-refractivity contribution in [2.45, 2.75) is 20.0 Å². The third kappa shape index (κ3) is 7.54. The number of nitrogens with one attached hydrogen (secondary N) is 1. The Morgan fingerprint density at radius 1 is 1.17 bits per heavy atom. The fraction of sp³-hybridized carbons (Fsp3) is 0.304. The Hall–Kier alpha value is -2.82. The van der Waals surface area contributed by atoms with Crippen LogP contribution in [0.5, 0.6) is 11.5 Å². The summed E-state index contributed by atoms with van der Waals surface area (Å²) in [5.74, 6) is 0.739. The molecule has 0 saturated carbocycles. The highest BCUT2D eigenvalue weighted by atomic mass is 79.9. The van der Waals surface area contributed by atoms with Crippen molar-refractivity contribution in [3.63, 3.8) is 0 Å². The van der Waals surface area contributed by atoms with E-state index in [0.717, 1.165) is 10.0 Å². The molecule has 1 amide bonds. The first-order valence-electron chi connectivity index (χ1n) is 9.60. The average molecular weight is 473 g/mol. The van der Waals surface area contributed by atoms with E-state index in [4.69, 9.17) is 14.2 Å². The van der Waals surface area contributed by atoms with Gasteiger partial charge in [0.15, 0.2) is 11.5 Å². The monoisotopic (exact) mass is 472 g/mol. The molecule has 0 aliphatic heterocycles. The normalized spacial score (nSPS) is 10.9. The SMILES string of the molecule is CCOc1cc(/C=C(\C#N)C(=O)NCCCOC)ccc1OCc1ccc(Br)cc1. The van der Waals surface area contributed by atoms with Crippen molar-refractivity contribution in [3.8, 4) is 17.6 Å². The van der Waals surface area contributed by atoms with Gasteiger partial charge in [-0.25, -0.2) is 0 Å². The molecule has 0 saturated heterocycles. The van der Waals surface area contributed by atoms with E-state index in [1.54, 1.807) is 25.3 Å². The summed E-state index contributed by atoms with van der Waals surface area (Å²) >= 11 is 3.41. The Morgan fingerprint density at radius 3 is 2.60 bits per heavy atom. The predicted molar refractivity (Wildman–Crippen MR) is 119 cm³/mol. The second-order valence-corrected chi connectivity index (χ2v) is 7.24. The molecule has 1 N–H and O–H groups in total. The molecule has 0 aliphatic carbocycles. The van der Waals surface area contributed by atoms with Gasteiger partial charge in [-0.3, -0.25) is 4.79 Å². The van der Waals surface area contributed by atoms with Gasteiger partial charge in [-0.15, -0.1) is 0 Å². The molecule has 0 atom stereocenters. The van der Waals surface area contributed by atoms with Crippen molar-refractivity contribution in [1.82, 2.24) is 5.32 Å². The molecule has 6 nitrogen and oxygen atoms in total. The molecular formula is C23H25BrN2O4. The largest absolute Gasteiger partial charge is 0.490 e. The number of rotatable bonds is 11. The third-order valence-electron chi connectivity index (χ3n) is 4.06. The number of amides is 1. The second kappa shape index (κ2) is 12.7. The van der Waals surface area contributed by atoms with E-state index >= 15 is 0 Å². The van der Waals surface area contributed by atoms with E-state index in [1.165, 1.54) is 6.08 Å². The van der Waals surface area contributed by atoms with Crippen LogP contribution in [0.15, 0.2) is 52.5 Å². The fourth-order valence-electron chi connectivity index (χ4n) is 2.57. The van der Waals surface area contributed by atoms with Gasteiger partial charge >= 0.3 is 0 Å². The van der Waals surface area contributed by atoms with Crippen molar-refractivity contribution in [3.05, 3.63) is 63.6 Å². The highest BCUT2D eigenvalue weighted by Crippen LogP contribution is 2.30. The minimum Gasteiger partial charge on any atom is -0.490 e. The van der Waals surface area contributed by atoms with Crippen LogP contribution in [0.1, 0.15) is 24.5 Å². The Bertz CT molecular complexity index is 904. The maximum atomic E-state index is 12.2. The Balaban J connectivity index is 2.11. The van der Waals surface area contributed by atoms with Crippen molar-refractivity contribution in [2.75, 3.05) is 26.9 Å². The molecule has 0 spiro atoms. The maximum absolute atomic E-state index is 12.2. The average Bonchev–Trinajstić information content (AvgIpc) is 2.75. The van der Waals surface area contributed by atoms with Crippen molar-refractivity contribution in [2.24, 2.45) is 0 Å². The molecule has 2 rings (SSSR count). The molecule has 0 heterocycles. The van der Waals surface area contributed by atoms with Gasteiger partial charge in [0.1, 0.15) is 18.2 Å². The van der Waals surface area contributed by atoms with E-state index in [2.05, 4.69) is 21.2 Å². The first-order chi connectivity index (χ1) is 14.6. The lowest BCUT2D eigenvalue weighted by molar-refractivity contribution is -0.117. The molecule has 0 unspecified atom stereocenters. The van der Waals surface area contributed by atoms with Crippen LogP contribution in [-0.2, 0) is 16.1 Å². The van der Waals surface area contributed by atoms with Gasteiger partial charge in [0.25, 0.3) is 5.91 Å². The summed E-state index contributed by atoms with van der Waals surface area (Å²) in [6.07, 6.45) is 2.21. The highest BCUT2D eigenvalue weighted by Gasteiger charge is 2.11. The minimum atomic E-state index is -0.415. The molecule has 0 radical (unpaired) electrons. The van der Waals surface area contributed by atoms with Crippen LogP contribution < -0.4 is 14.8 Å². The predicted octanol–water partition coefficient (Wildman–Crippen LogP) is 4.49. The van der Waals surface area contributed by atoms with E-state index in [9.17, 15) is 10.1 Å². The zero-order valence-corrected chi connectivity index (χ0v) is 18.7. The van der Waals surface area contributed by atoms with Crippen LogP contribution in [0.2, 0.25) is 0 Å². The van der Waals surface area contributed by atoms with Crippen LogP contribution in [0.3, 0.4) is 0 Å². The molecule has 158 valence electrons. The number of hydrogen-bond donors (Lipinski definition) is 1. The molecule has 0 aromatic heterocycles. The number of hydrogen-bond acceptors (Lipinski definition) is 5. The summed E-state index contributed by atoms with van der Waals surface area (Å²) in [5, 5.41) is 12.1. The number of nitriles is 1. The molecule has 0 aliphatic rings. The van der Waals surface area contributed by atoms with Gasteiger partial charge in [0.2, 0.25) is 0 Å². The van der Waals surface area contributed by atoms with Crippen LogP contribution >= 0.6 is 15.9 Å². The van der Waals surface area contributed by atoms with Crippen LogP contribution in [0, 0.1) is 11.3 Å². The summed E-state index contributed by atoms with van der Waals surface area (Å²) in [5.41, 5.74) is 1.73. The van der Waals surface area contributed by atoms with Crippen LogP contribution in [0.4, 0.5) is 0 Å². The molecule has 0 fully saturated rings. The Kier molecular flexibility index (Phi) is 9.92. The first-order valence-corrected chi connectivity index (χ1v) is 10.4. The molecule has 2 aromatic rings. The summed E-state index contributed by atoms with van der Waals surface area (Å²) in [4.78, 5) is 12.2. The van der Waals surface area contributed by atoms with Crippen LogP contribution in [-0.4, -0.2) is 32.8 Å². The van der Waals surface area contributed by atoms with Crippen molar-refractivity contribution < 1.29 is 19.0 Å². The van der Waals surface area contributed by atoms with Gasteiger partial charge in [-0.1, -0.05) is 34.1 Å². The number of nitrogens with zero attached hydrogens (tertiary/aromatic N) is 1. The Labute approximate surface area is 185 Å². The van der Waals surface area contributed by atoms with Gasteiger partial charge < -0.3 is 19.5 Å². The third-order valence-corrected chi connectivity index (χ3v) is 4.59. The Morgan fingerprint density at radius 2 is 1.93 bits per heavy atom. The van der Waals surface area contributed by atoms with Crippen molar-refractivity contribution in [1.29, 1.82) is 5.26 Å².